The van der Waals surface area contributed by atoms with Crippen LogP contribution in [0.2, 0.25) is 0 Å². The van der Waals surface area contributed by atoms with E-state index in [-0.39, 0.29) is 0 Å². The summed E-state index contributed by atoms with van der Waals surface area (Å²) in [7, 11) is 0. The van der Waals surface area contributed by atoms with E-state index in [1.54, 1.807) is 0 Å². The van der Waals surface area contributed by atoms with Gasteiger partial charge in [-0.15, -0.1) is 0 Å². The summed E-state index contributed by atoms with van der Waals surface area (Å²) in [5.74, 6) is 0. The average molecular weight is 282 g/mol. The van der Waals surface area contributed by atoms with Crippen molar-refractivity contribution in [2.75, 3.05) is 23.7 Å². The van der Waals surface area contributed by atoms with Crippen molar-refractivity contribution in [2.45, 2.75) is 34.1 Å². The molecule has 0 aliphatic rings. The molecule has 2 heteroatoms. The second-order valence-electron chi connectivity index (χ2n) is 5.84. The maximum atomic E-state index is 3.51. The molecule has 0 bridgehead atoms. The van der Waals surface area contributed by atoms with Crippen molar-refractivity contribution in [2.24, 2.45) is 0 Å². The van der Waals surface area contributed by atoms with Gasteiger partial charge in [0.05, 0.1) is 0 Å². The highest BCUT2D eigenvalue weighted by Gasteiger charge is 1.99. The van der Waals surface area contributed by atoms with Gasteiger partial charge in [0.1, 0.15) is 0 Å². The molecule has 0 saturated carbocycles. The predicted octanol–water partition coefficient (Wildman–Crippen LogP) is 4.83. The molecule has 0 radical (unpaired) electrons. The summed E-state index contributed by atoms with van der Waals surface area (Å²) >= 11 is 0. The quantitative estimate of drug-likeness (QED) is 0.741. The highest BCUT2D eigenvalue weighted by molar-refractivity contribution is 5.53. The van der Waals surface area contributed by atoms with Crippen LogP contribution in [0.5, 0.6) is 0 Å². The van der Waals surface area contributed by atoms with Crippen LogP contribution in [-0.2, 0) is 0 Å². The summed E-state index contributed by atoms with van der Waals surface area (Å²) in [4.78, 5) is 0. The van der Waals surface area contributed by atoms with Crippen LogP contribution >= 0.6 is 0 Å². The summed E-state index contributed by atoms with van der Waals surface area (Å²) in [5.41, 5.74) is 7.75. The first kappa shape index (κ1) is 15.4. The summed E-state index contributed by atoms with van der Waals surface area (Å²) in [6.07, 6.45) is 1.10. The molecule has 0 aliphatic heterocycles. The van der Waals surface area contributed by atoms with Crippen molar-refractivity contribution in [3.05, 3.63) is 58.7 Å². The number of anilines is 2. The Kier molecular flexibility index (Phi) is 5.26. The normalized spacial score (nSPS) is 10.5. The largest absolute Gasteiger partial charge is 0.385 e. The zero-order valence-electron chi connectivity index (χ0n) is 13.6. The third-order valence-corrected chi connectivity index (χ3v) is 3.75. The first-order valence-electron chi connectivity index (χ1n) is 7.68. The Morgan fingerprint density at radius 2 is 1.10 bits per heavy atom. The van der Waals surface area contributed by atoms with Crippen molar-refractivity contribution >= 4 is 11.4 Å². The van der Waals surface area contributed by atoms with Gasteiger partial charge in [0.25, 0.3) is 0 Å². The van der Waals surface area contributed by atoms with Crippen LogP contribution in [0.4, 0.5) is 11.4 Å². The van der Waals surface area contributed by atoms with E-state index >= 15 is 0 Å². The molecule has 0 amide bonds. The molecule has 0 atom stereocenters. The number of benzene rings is 2. The molecular weight excluding hydrogens is 256 g/mol. The molecule has 21 heavy (non-hydrogen) atoms. The van der Waals surface area contributed by atoms with E-state index in [4.69, 9.17) is 0 Å². The van der Waals surface area contributed by atoms with E-state index in [9.17, 15) is 0 Å². The molecule has 2 aromatic carbocycles. The van der Waals surface area contributed by atoms with Gasteiger partial charge in [0.15, 0.2) is 0 Å². The van der Waals surface area contributed by atoms with Crippen molar-refractivity contribution in [3.63, 3.8) is 0 Å². The lowest BCUT2D eigenvalue weighted by Gasteiger charge is -2.12. The monoisotopic (exact) mass is 282 g/mol. The number of hydrogen-bond donors (Lipinski definition) is 2. The number of rotatable bonds is 6. The molecule has 2 rings (SSSR count). The molecule has 0 saturated heterocycles. The lowest BCUT2D eigenvalue weighted by atomic mass is 10.1. The molecule has 0 heterocycles. The summed E-state index contributed by atoms with van der Waals surface area (Å²) in [5, 5.41) is 7.02. The minimum Gasteiger partial charge on any atom is -0.385 e. The standard InChI is InChI=1S/C19H26N2/c1-14-6-8-18(16(3)12-14)20-10-5-11-21-19-9-7-15(2)13-17(19)4/h6-9,12-13,20-21H,5,10-11H2,1-4H3. The fraction of sp³-hybridized carbons (Fsp3) is 0.368. The molecule has 0 unspecified atom stereocenters. The summed E-state index contributed by atoms with van der Waals surface area (Å²) in [6, 6.07) is 13.1. The van der Waals surface area contributed by atoms with Crippen LogP contribution < -0.4 is 10.6 Å². The Labute approximate surface area is 128 Å². The topological polar surface area (TPSA) is 24.1 Å². The molecule has 2 N–H and O–H groups in total. The number of aryl methyl sites for hydroxylation is 4. The molecule has 2 nitrogen and oxygen atoms in total. The Balaban J connectivity index is 1.75. The van der Waals surface area contributed by atoms with Gasteiger partial charge in [-0.1, -0.05) is 35.4 Å². The summed E-state index contributed by atoms with van der Waals surface area (Å²) < 4.78 is 0. The lowest BCUT2D eigenvalue weighted by Crippen LogP contribution is -2.10. The molecule has 0 aromatic heterocycles. The van der Waals surface area contributed by atoms with Crippen LogP contribution in [-0.4, -0.2) is 13.1 Å². The minimum absolute atomic E-state index is 0.988. The fourth-order valence-corrected chi connectivity index (χ4v) is 2.56. The van der Waals surface area contributed by atoms with E-state index in [0.29, 0.717) is 0 Å². The van der Waals surface area contributed by atoms with E-state index < -0.39 is 0 Å². The highest BCUT2D eigenvalue weighted by Crippen LogP contribution is 2.17. The third kappa shape index (κ3) is 4.52. The van der Waals surface area contributed by atoms with Crippen LogP contribution in [0.25, 0.3) is 0 Å². The smallest absolute Gasteiger partial charge is 0.0370 e. The van der Waals surface area contributed by atoms with Crippen molar-refractivity contribution in [1.82, 2.24) is 0 Å². The lowest BCUT2D eigenvalue weighted by molar-refractivity contribution is 0.907. The third-order valence-electron chi connectivity index (χ3n) is 3.75. The van der Waals surface area contributed by atoms with Crippen molar-refractivity contribution in [3.8, 4) is 0 Å². The predicted molar refractivity (Wildman–Crippen MR) is 93.4 cm³/mol. The Morgan fingerprint density at radius 3 is 1.48 bits per heavy atom. The van der Waals surface area contributed by atoms with E-state index in [2.05, 4.69) is 74.7 Å². The Bertz CT molecular complexity index is 549. The SMILES string of the molecule is Cc1ccc(NCCCNc2ccc(C)cc2C)c(C)c1. The maximum absolute atomic E-state index is 3.51. The van der Waals surface area contributed by atoms with Crippen molar-refractivity contribution in [1.29, 1.82) is 0 Å². The van der Waals surface area contributed by atoms with Gasteiger partial charge >= 0.3 is 0 Å². The molecule has 0 aliphatic carbocycles. The van der Waals surface area contributed by atoms with Gasteiger partial charge in [-0.05, 0) is 57.4 Å². The molecule has 0 fully saturated rings. The zero-order chi connectivity index (χ0) is 15.2. The van der Waals surface area contributed by atoms with Gasteiger partial charge in [-0.25, -0.2) is 0 Å². The minimum atomic E-state index is 0.988. The van der Waals surface area contributed by atoms with Gasteiger partial charge < -0.3 is 10.6 Å². The molecule has 112 valence electrons. The number of nitrogens with one attached hydrogen (secondary N) is 2. The first-order valence-corrected chi connectivity index (χ1v) is 7.68. The zero-order valence-corrected chi connectivity index (χ0v) is 13.6. The van der Waals surface area contributed by atoms with E-state index in [1.807, 2.05) is 0 Å². The van der Waals surface area contributed by atoms with Gasteiger partial charge in [-0.2, -0.15) is 0 Å². The molecule has 2 aromatic rings. The number of hydrogen-bond acceptors (Lipinski definition) is 2. The first-order chi connectivity index (χ1) is 10.1. The highest BCUT2D eigenvalue weighted by atomic mass is 14.9. The van der Waals surface area contributed by atoms with Gasteiger partial charge in [-0.3, -0.25) is 0 Å². The Morgan fingerprint density at radius 1 is 0.667 bits per heavy atom. The maximum Gasteiger partial charge on any atom is 0.0370 e. The second-order valence-corrected chi connectivity index (χ2v) is 5.84. The Hall–Kier alpha value is -1.96. The molecule has 0 spiro atoms. The van der Waals surface area contributed by atoms with Crippen molar-refractivity contribution < 1.29 is 0 Å². The second kappa shape index (κ2) is 7.16. The van der Waals surface area contributed by atoms with Crippen LogP contribution in [0, 0.1) is 27.7 Å². The van der Waals surface area contributed by atoms with Gasteiger partial charge in [0, 0.05) is 24.5 Å². The summed E-state index contributed by atoms with van der Waals surface area (Å²) in [6.45, 7) is 10.5. The van der Waals surface area contributed by atoms with Crippen LogP contribution in [0.1, 0.15) is 28.7 Å². The van der Waals surface area contributed by atoms with E-state index in [0.717, 1.165) is 19.5 Å². The van der Waals surface area contributed by atoms with E-state index in [1.165, 1.54) is 33.6 Å². The van der Waals surface area contributed by atoms with Crippen LogP contribution in [0.3, 0.4) is 0 Å². The molecular formula is C19H26N2. The van der Waals surface area contributed by atoms with Crippen LogP contribution in [0.15, 0.2) is 36.4 Å². The van der Waals surface area contributed by atoms with Gasteiger partial charge in [0.2, 0.25) is 0 Å². The average Bonchev–Trinajstić information content (AvgIpc) is 2.42. The fourth-order valence-electron chi connectivity index (χ4n) is 2.56.